The van der Waals surface area contributed by atoms with Gasteiger partial charge in [-0.05, 0) is 42.3 Å². The molecule has 2 atom stereocenters. The summed E-state index contributed by atoms with van der Waals surface area (Å²) in [6.07, 6.45) is 0. The predicted octanol–water partition coefficient (Wildman–Crippen LogP) is 5.83. The molecule has 33 heavy (non-hydrogen) atoms. The van der Waals surface area contributed by atoms with Gasteiger partial charge in [0.1, 0.15) is 5.92 Å². The smallest absolute Gasteiger partial charge is 0.319 e. The Hall–Kier alpha value is -2.18. The molecule has 0 fully saturated rings. The highest BCUT2D eigenvalue weighted by molar-refractivity contribution is 9.10. The van der Waals surface area contributed by atoms with Crippen LogP contribution in [-0.4, -0.2) is 25.6 Å². The van der Waals surface area contributed by atoms with Crippen LogP contribution in [0.4, 0.5) is 0 Å². The molecule has 0 aromatic heterocycles. The van der Waals surface area contributed by atoms with Crippen LogP contribution in [0.3, 0.4) is 0 Å². The number of carbonyl (C=O) groups is 2. The SMILES string of the molecule is CCOc1c(Cl)cc([C@@H]2C(C#N)=C(SCc3ccc(Br)cc3)NC(=O)[C@H]2C(=O)OC)cc1Cl. The van der Waals surface area contributed by atoms with E-state index in [0.717, 1.165) is 10.0 Å². The van der Waals surface area contributed by atoms with Crippen molar-refractivity contribution >= 4 is 62.8 Å². The van der Waals surface area contributed by atoms with Gasteiger partial charge >= 0.3 is 5.97 Å². The molecule has 1 heterocycles. The third kappa shape index (κ3) is 5.67. The summed E-state index contributed by atoms with van der Waals surface area (Å²) >= 11 is 17.5. The van der Waals surface area contributed by atoms with Gasteiger partial charge in [0, 0.05) is 16.1 Å². The second kappa shape index (κ2) is 11.3. The number of rotatable bonds is 7. The topological polar surface area (TPSA) is 88.4 Å². The van der Waals surface area contributed by atoms with E-state index in [9.17, 15) is 14.9 Å². The number of hydrogen-bond donors (Lipinski definition) is 1. The van der Waals surface area contributed by atoms with Crippen LogP contribution in [0.1, 0.15) is 24.0 Å². The highest BCUT2D eigenvalue weighted by atomic mass is 79.9. The highest BCUT2D eigenvalue weighted by Gasteiger charge is 2.44. The lowest BCUT2D eigenvalue weighted by molar-refractivity contribution is -0.150. The molecule has 0 spiro atoms. The zero-order valence-electron chi connectivity index (χ0n) is 17.7. The number of benzene rings is 2. The minimum Gasteiger partial charge on any atom is -0.491 e. The molecule has 0 radical (unpaired) electrons. The zero-order chi connectivity index (χ0) is 24.1. The lowest BCUT2D eigenvalue weighted by Crippen LogP contribution is -2.44. The molecule has 2 aromatic rings. The van der Waals surface area contributed by atoms with E-state index in [2.05, 4.69) is 27.3 Å². The molecule has 0 bridgehead atoms. The van der Waals surface area contributed by atoms with Crippen LogP contribution in [0.25, 0.3) is 0 Å². The number of esters is 1. The first-order valence-electron chi connectivity index (χ1n) is 9.82. The van der Waals surface area contributed by atoms with Crippen LogP contribution in [0.5, 0.6) is 5.75 Å². The van der Waals surface area contributed by atoms with Crippen LogP contribution >= 0.6 is 50.9 Å². The fourth-order valence-electron chi connectivity index (χ4n) is 3.46. The number of thioether (sulfide) groups is 1. The van der Waals surface area contributed by atoms with Crippen molar-refractivity contribution in [1.29, 1.82) is 5.26 Å². The number of methoxy groups -OCH3 is 1. The van der Waals surface area contributed by atoms with Crippen LogP contribution < -0.4 is 10.1 Å². The summed E-state index contributed by atoms with van der Waals surface area (Å²) in [5.41, 5.74) is 1.67. The summed E-state index contributed by atoms with van der Waals surface area (Å²) in [7, 11) is 1.19. The minimum absolute atomic E-state index is 0.218. The summed E-state index contributed by atoms with van der Waals surface area (Å²) in [5, 5.41) is 13.6. The largest absolute Gasteiger partial charge is 0.491 e. The number of carbonyl (C=O) groups excluding carboxylic acids is 2. The van der Waals surface area contributed by atoms with Crippen LogP contribution in [0.15, 0.2) is 51.5 Å². The minimum atomic E-state index is -1.27. The molecule has 6 nitrogen and oxygen atoms in total. The second-order valence-electron chi connectivity index (χ2n) is 6.98. The van der Waals surface area contributed by atoms with E-state index in [1.807, 2.05) is 24.3 Å². The Bertz CT molecular complexity index is 1130. The van der Waals surface area contributed by atoms with Crippen molar-refractivity contribution < 1.29 is 19.1 Å². The van der Waals surface area contributed by atoms with Crippen molar-refractivity contribution in [3.63, 3.8) is 0 Å². The molecule has 1 aliphatic rings. The summed E-state index contributed by atoms with van der Waals surface area (Å²) in [6.45, 7) is 2.15. The molecule has 3 rings (SSSR count). The maximum Gasteiger partial charge on any atom is 0.319 e. The highest BCUT2D eigenvalue weighted by Crippen LogP contribution is 2.44. The second-order valence-corrected chi connectivity index (χ2v) is 9.70. The third-order valence-electron chi connectivity index (χ3n) is 4.95. The summed E-state index contributed by atoms with van der Waals surface area (Å²) in [4.78, 5) is 25.5. The number of hydrogen-bond acceptors (Lipinski definition) is 6. The Morgan fingerprint density at radius 3 is 2.42 bits per heavy atom. The van der Waals surface area contributed by atoms with Gasteiger partial charge in [0.2, 0.25) is 5.91 Å². The number of amides is 1. The molecular weight excluding hydrogens is 551 g/mol. The van der Waals surface area contributed by atoms with Gasteiger partial charge in [0.25, 0.3) is 0 Å². The van der Waals surface area contributed by atoms with Crippen molar-refractivity contribution in [1.82, 2.24) is 5.32 Å². The molecular formula is C23H19BrCl2N2O4S. The maximum absolute atomic E-state index is 13.0. The molecule has 1 amide bonds. The van der Waals surface area contributed by atoms with Crippen LogP contribution in [0.2, 0.25) is 10.0 Å². The third-order valence-corrected chi connectivity index (χ3v) is 7.13. The van der Waals surface area contributed by atoms with Gasteiger partial charge in [-0.3, -0.25) is 9.59 Å². The van der Waals surface area contributed by atoms with Gasteiger partial charge in [0.15, 0.2) is 5.75 Å². The molecule has 2 aromatic carbocycles. The quantitative estimate of drug-likeness (QED) is 0.333. The normalized spacial score (nSPS) is 17.9. The van der Waals surface area contributed by atoms with Crippen molar-refractivity contribution in [2.75, 3.05) is 13.7 Å². The molecule has 0 saturated carbocycles. The summed E-state index contributed by atoms with van der Waals surface area (Å²) in [6, 6.07) is 13.0. The summed E-state index contributed by atoms with van der Waals surface area (Å²) in [5.74, 6) is -2.71. The van der Waals surface area contributed by atoms with Crippen molar-refractivity contribution in [3.05, 3.63) is 72.6 Å². The van der Waals surface area contributed by atoms with E-state index in [-0.39, 0.29) is 15.6 Å². The number of nitrogens with zero attached hydrogens (tertiary/aromatic N) is 1. The Labute approximate surface area is 214 Å². The Kier molecular flexibility index (Phi) is 8.71. The van der Waals surface area contributed by atoms with E-state index in [1.165, 1.54) is 18.9 Å². The van der Waals surface area contributed by atoms with Crippen LogP contribution in [0, 0.1) is 17.2 Å². The number of nitriles is 1. The van der Waals surface area contributed by atoms with Gasteiger partial charge in [0.05, 0.1) is 40.4 Å². The van der Waals surface area contributed by atoms with E-state index in [1.54, 1.807) is 19.1 Å². The molecule has 1 aliphatic heterocycles. The fraction of sp³-hybridized carbons (Fsp3) is 0.261. The first-order valence-corrected chi connectivity index (χ1v) is 12.4. The maximum atomic E-state index is 13.0. The molecule has 0 aliphatic carbocycles. The predicted molar refractivity (Wildman–Crippen MR) is 132 cm³/mol. The van der Waals surface area contributed by atoms with Gasteiger partial charge in [-0.15, -0.1) is 11.8 Å². The average Bonchev–Trinajstić information content (AvgIpc) is 2.79. The molecule has 1 N–H and O–H groups in total. The van der Waals surface area contributed by atoms with Gasteiger partial charge in [-0.25, -0.2) is 0 Å². The first kappa shape index (κ1) is 25.4. The van der Waals surface area contributed by atoms with Gasteiger partial charge in [-0.2, -0.15) is 5.26 Å². The van der Waals surface area contributed by atoms with E-state index in [4.69, 9.17) is 32.7 Å². The average molecular weight is 570 g/mol. The lowest BCUT2D eigenvalue weighted by Gasteiger charge is -2.31. The van der Waals surface area contributed by atoms with Crippen molar-refractivity contribution in [2.24, 2.45) is 5.92 Å². The Morgan fingerprint density at radius 1 is 1.24 bits per heavy atom. The van der Waals surface area contributed by atoms with E-state index in [0.29, 0.717) is 28.7 Å². The molecule has 0 unspecified atom stereocenters. The number of allylic oxidation sites excluding steroid dienone is 1. The summed E-state index contributed by atoms with van der Waals surface area (Å²) < 4.78 is 11.3. The Morgan fingerprint density at radius 2 is 1.88 bits per heavy atom. The first-order chi connectivity index (χ1) is 15.8. The lowest BCUT2D eigenvalue weighted by atomic mass is 9.78. The standard InChI is InChI=1S/C23H19BrCl2N2O4S/c1-3-32-20-16(25)8-13(9-17(20)26)18-15(10-27)22(28-21(29)19(18)23(30)31-2)33-11-12-4-6-14(24)7-5-12/h4-9,18-19H,3,11H2,1-2H3,(H,28,29)/t18-,19+/m1/s1. The molecule has 0 saturated heterocycles. The van der Waals surface area contributed by atoms with Gasteiger partial charge < -0.3 is 14.8 Å². The number of ether oxygens (including phenoxy) is 2. The Balaban J connectivity index is 2.07. The van der Waals surface area contributed by atoms with E-state index < -0.39 is 23.7 Å². The van der Waals surface area contributed by atoms with E-state index >= 15 is 0 Å². The fourth-order valence-corrected chi connectivity index (χ4v) is 5.34. The zero-order valence-corrected chi connectivity index (χ0v) is 21.6. The molecule has 10 heteroatoms. The molecule has 172 valence electrons. The van der Waals surface area contributed by atoms with Gasteiger partial charge in [-0.1, -0.05) is 51.3 Å². The monoisotopic (exact) mass is 568 g/mol. The van der Waals surface area contributed by atoms with Crippen molar-refractivity contribution in [3.8, 4) is 11.8 Å². The number of nitrogens with one attached hydrogen (secondary N) is 1. The van der Waals surface area contributed by atoms with Crippen LogP contribution in [-0.2, 0) is 20.1 Å². The van der Waals surface area contributed by atoms with Crippen molar-refractivity contribution in [2.45, 2.75) is 18.6 Å². The number of halogens is 3.